The van der Waals surface area contributed by atoms with Crippen LogP contribution in [-0.4, -0.2) is 57.0 Å². The Hall–Kier alpha value is -1.85. The number of carbonyl (C=O) groups is 2. The second kappa shape index (κ2) is 3.87. The van der Waals surface area contributed by atoms with Gasteiger partial charge in [0.15, 0.2) is 0 Å². The summed E-state index contributed by atoms with van der Waals surface area (Å²) in [5.41, 5.74) is -0.811. The van der Waals surface area contributed by atoms with Gasteiger partial charge < -0.3 is 9.80 Å². The largest absolute Gasteiger partial charge is 0.342 e. The summed E-state index contributed by atoms with van der Waals surface area (Å²) in [5.74, 6) is -0.0442. The van der Waals surface area contributed by atoms with Crippen molar-refractivity contribution in [3.05, 3.63) is 18.7 Å². The zero-order chi connectivity index (χ0) is 12.6. The number of nitrogens with zero attached hydrogens (tertiary/aromatic N) is 4. The fraction of sp³-hybridized carbons (Fsp3) is 0.545. The average Bonchev–Trinajstić information content (AvgIpc) is 2.79. The van der Waals surface area contributed by atoms with Crippen molar-refractivity contribution in [1.82, 2.24) is 19.4 Å². The molecule has 0 aromatic carbocycles. The van der Waals surface area contributed by atoms with Crippen molar-refractivity contribution in [2.45, 2.75) is 19.4 Å². The highest BCUT2D eigenvalue weighted by Gasteiger charge is 2.43. The first-order chi connectivity index (χ1) is 7.94. The number of hydrogen-bond donors (Lipinski definition) is 0. The second-order valence-electron chi connectivity index (χ2n) is 4.69. The van der Waals surface area contributed by atoms with Gasteiger partial charge in [-0.15, -0.1) is 0 Å². The van der Waals surface area contributed by atoms with Crippen LogP contribution in [-0.2, 0) is 4.79 Å². The Balaban J connectivity index is 2.27. The molecule has 0 unspecified atom stereocenters. The molecule has 0 aliphatic carbocycles. The number of piperazine rings is 1. The molecule has 1 aromatic rings. The third-order valence-corrected chi connectivity index (χ3v) is 3.16. The molecule has 17 heavy (non-hydrogen) atoms. The van der Waals surface area contributed by atoms with Crippen LogP contribution in [0.15, 0.2) is 18.7 Å². The first-order valence-electron chi connectivity index (χ1n) is 5.50. The van der Waals surface area contributed by atoms with Crippen molar-refractivity contribution < 1.29 is 9.59 Å². The molecule has 0 atom stereocenters. The van der Waals surface area contributed by atoms with Crippen LogP contribution in [0.1, 0.15) is 13.8 Å². The van der Waals surface area contributed by atoms with E-state index in [4.69, 9.17) is 0 Å². The van der Waals surface area contributed by atoms with E-state index in [1.54, 1.807) is 43.1 Å². The Morgan fingerprint density at radius 3 is 2.71 bits per heavy atom. The third kappa shape index (κ3) is 1.79. The number of carbonyl (C=O) groups excluding carboxylic acids is 2. The van der Waals surface area contributed by atoms with Crippen LogP contribution in [0.5, 0.6) is 0 Å². The number of hydrogen-bond acceptors (Lipinski definition) is 3. The molecule has 0 N–H and O–H groups in total. The van der Waals surface area contributed by atoms with Gasteiger partial charge in [-0.2, -0.15) is 0 Å². The van der Waals surface area contributed by atoms with E-state index in [1.165, 1.54) is 10.9 Å². The number of imidazole rings is 1. The number of rotatable bonds is 0. The van der Waals surface area contributed by atoms with E-state index in [-0.39, 0.29) is 11.9 Å². The predicted molar refractivity (Wildman–Crippen MR) is 61.4 cm³/mol. The highest BCUT2D eigenvalue weighted by atomic mass is 16.2. The van der Waals surface area contributed by atoms with E-state index in [2.05, 4.69) is 4.98 Å². The SMILES string of the molecule is CN1CCN(C(=O)n2ccnc2)C(C)(C)C1=O. The maximum Gasteiger partial charge on any atom is 0.330 e. The van der Waals surface area contributed by atoms with Crippen LogP contribution in [0.3, 0.4) is 0 Å². The average molecular weight is 236 g/mol. The lowest BCUT2D eigenvalue weighted by atomic mass is 9.98. The molecule has 0 radical (unpaired) electrons. The number of aromatic nitrogens is 2. The molecule has 1 saturated heterocycles. The monoisotopic (exact) mass is 236 g/mol. The third-order valence-electron chi connectivity index (χ3n) is 3.16. The van der Waals surface area contributed by atoms with E-state index < -0.39 is 5.54 Å². The van der Waals surface area contributed by atoms with E-state index in [1.807, 2.05) is 0 Å². The zero-order valence-corrected chi connectivity index (χ0v) is 10.3. The van der Waals surface area contributed by atoms with Crippen molar-refractivity contribution >= 4 is 11.9 Å². The van der Waals surface area contributed by atoms with Crippen LogP contribution >= 0.6 is 0 Å². The van der Waals surface area contributed by atoms with Gasteiger partial charge in [0, 0.05) is 32.5 Å². The molecule has 0 bridgehead atoms. The van der Waals surface area contributed by atoms with Gasteiger partial charge in [0.25, 0.3) is 0 Å². The van der Waals surface area contributed by atoms with Gasteiger partial charge in [-0.1, -0.05) is 0 Å². The molecule has 2 amide bonds. The summed E-state index contributed by atoms with van der Waals surface area (Å²) in [7, 11) is 1.75. The summed E-state index contributed by atoms with van der Waals surface area (Å²) in [4.78, 5) is 31.3. The zero-order valence-electron chi connectivity index (χ0n) is 10.3. The molecule has 1 aliphatic rings. The topological polar surface area (TPSA) is 58.4 Å². The van der Waals surface area contributed by atoms with Gasteiger partial charge in [0.05, 0.1) is 0 Å². The van der Waals surface area contributed by atoms with Gasteiger partial charge in [0.2, 0.25) is 5.91 Å². The molecule has 0 saturated carbocycles. The molecule has 6 heteroatoms. The minimum atomic E-state index is -0.811. The summed E-state index contributed by atoms with van der Waals surface area (Å²) < 4.78 is 1.39. The van der Waals surface area contributed by atoms with Crippen molar-refractivity contribution in [3.8, 4) is 0 Å². The Labute approximate surface area is 99.8 Å². The fourth-order valence-electron chi connectivity index (χ4n) is 2.06. The highest BCUT2D eigenvalue weighted by Crippen LogP contribution is 2.22. The highest BCUT2D eigenvalue weighted by molar-refractivity contribution is 5.91. The summed E-state index contributed by atoms with van der Waals surface area (Å²) in [5, 5.41) is 0. The van der Waals surface area contributed by atoms with Gasteiger partial charge in [-0.25, -0.2) is 9.78 Å². The number of likely N-dealkylation sites (N-methyl/N-ethyl adjacent to an activating group) is 1. The van der Waals surface area contributed by atoms with Crippen LogP contribution < -0.4 is 0 Å². The van der Waals surface area contributed by atoms with E-state index in [0.717, 1.165) is 0 Å². The Morgan fingerprint density at radius 1 is 1.41 bits per heavy atom. The molecule has 2 rings (SSSR count). The Morgan fingerprint density at radius 2 is 2.12 bits per heavy atom. The molecular weight excluding hydrogens is 220 g/mol. The first kappa shape index (κ1) is 11.6. The summed E-state index contributed by atoms with van der Waals surface area (Å²) in [6.07, 6.45) is 4.57. The van der Waals surface area contributed by atoms with Crippen LogP contribution in [0.4, 0.5) is 4.79 Å². The minimum Gasteiger partial charge on any atom is -0.342 e. The molecule has 1 aromatic heterocycles. The van der Waals surface area contributed by atoms with E-state index in [0.29, 0.717) is 13.1 Å². The Bertz CT molecular complexity index is 438. The normalized spacial score (nSPS) is 19.6. The summed E-state index contributed by atoms with van der Waals surface area (Å²) in [6, 6.07) is -0.214. The van der Waals surface area contributed by atoms with Crippen LogP contribution in [0.2, 0.25) is 0 Å². The van der Waals surface area contributed by atoms with Crippen molar-refractivity contribution in [2.75, 3.05) is 20.1 Å². The molecule has 1 fully saturated rings. The predicted octanol–water partition coefficient (Wildman–Crippen LogP) is 0.404. The van der Waals surface area contributed by atoms with E-state index in [9.17, 15) is 9.59 Å². The molecule has 6 nitrogen and oxygen atoms in total. The quantitative estimate of drug-likeness (QED) is 0.655. The van der Waals surface area contributed by atoms with Crippen LogP contribution in [0, 0.1) is 0 Å². The molecule has 1 aliphatic heterocycles. The summed E-state index contributed by atoms with van der Waals surface area (Å²) in [6.45, 7) is 4.62. The second-order valence-corrected chi connectivity index (χ2v) is 4.69. The van der Waals surface area contributed by atoms with Gasteiger partial charge >= 0.3 is 6.03 Å². The van der Waals surface area contributed by atoms with Crippen molar-refractivity contribution in [3.63, 3.8) is 0 Å². The summed E-state index contributed by atoms with van der Waals surface area (Å²) >= 11 is 0. The number of amides is 2. The molecule has 92 valence electrons. The van der Waals surface area contributed by atoms with Crippen molar-refractivity contribution in [2.24, 2.45) is 0 Å². The minimum absolute atomic E-state index is 0.0442. The van der Waals surface area contributed by atoms with Gasteiger partial charge in [-0.05, 0) is 13.8 Å². The fourth-order valence-corrected chi connectivity index (χ4v) is 2.06. The molecule has 2 heterocycles. The van der Waals surface area contributed by atoms with E-state index >= 15 is 0 Å². The van der Waals surface area contributed by atoms with Gasteiger partial charge in [-0.3, -0.25) is 9.36 Å². The first-order valence-corrected chi connectivity index (χ1v) is 5.50. The lowest BCUT2D eigenvalue weighted by molar-refractivity contribution is -0.144. The lowest BCUT2D eigenvalue weighted by Gasteiger charge is -2.44. The standard InChI is InChI=1S/C11H16N4O2/c1-11(2)9(16)13(3)6-7-15(11)10(17)14-5-4-12-8-14/h4-5,8H,6-7H2,1-3H3. The molecule has 0 spiro atoms. The molecular formula is C11H16N4O2. The van der Waals surface area contributed by atoms with Crippen molar-refractivity contribution in [1.29, 1.82) is 0 Å². The van der Waals surface area contributed by atoms with Crippen LogP contribution in [0.25, 0.3) is 0 Å². The maximum absolute atomic E-state index is 12.2. The van der Waals surface area contributed by atoms with Gasteiger partial charge in [0.1, 0.15) is 11.9 Å². The smallest absolute Gasteiger partial charge is 0.330 e. The maximum atomic E-state index is 12.2. The Kier molecular flexibility index (Phi) is 2.65. The lowest BCUT2D eigenvalue weighted by Crippen LogP contribution is -2.64.